The lowest BCUT2D eigenvalue weighted by atomic mass is 9.82. The van der Waals surface area contributed by atoms with Crippen LogP contribution in [0.2, 0.25) is 0 Å². The molecule has 1 rings (SSSR count). The normalized spacial score (nSPS) is 12.6. The number of alkyl halides is 3. The summed E-state index contributed by atoms with van der Waals surface area (Å²) in [6.07, 6.45) is -3.71. The Morgan fingerprint density at radius 1 is 1.12 bits per heavy atom. The van der Waals surface area contributed by atoms with E-state index in [0.717, 1.165) is 12.1 Å². The van der Waals surface area contributed by atoms with Gasteiger partial charge in [0.25, 0.3) is 0 Å². The molecule has 0 aromatic heterocycles. The van der Waals surface area contributed by atoms with Crippen LogP contribution in [0.1, 0.15) is 43.1 Å². The highest BCUT2D eigenvalue weighted by atomic mass is 19.4. The van der Waals surface area contributed by atoms with Gasteiger partial charge in [-0.1, -0.05) is 32.9 Å². The molecule has 1 nitrogen and oxygen atoms in total. The molecule has 0 N–H and O–H groups in total. The van der Waals surface area contributed by atoms with Gasteiger partial charge in [0.2, 0.25) is 0 Å². The average molecular weight is 244 g/mol. The van der Waals surface area contributed by atoms with Crippen LogP contribution in [0.25, 0.3) is 0 Å². The smallest absolute Gasteiger partial charge is 0.294 e. The quantitative estimate of drug-likeness (QED) is 0.723. The van der Waals surface area contributed by atoms with Gasteiger partial charge in [0.15, 0.2) is 5.78 Å². The van der Waals surface area contributed by atoms with E-state index in [2.05, 4.69) is 0 Å². The molecule has 0 heterocycles. The second-order valence-electron chi connectivity index (χ2n) is 4.64. The highest BCUT2D eigenvalue weighted by Gasteiger charge is 2.31. The summed E-state index contributed by atoms with van der Waals surface area (Å²) in [4.78, 5) is 12.0. The maximum atomic E-state index is 12.3. The lowest BCUT2D eigenvalue weighted by Gasteiger charge is -2.21. The van der Waals surface area contributed by atoms with Crippen molar-refractivity contribution in [2.45, 2.75) is 33.4 Å². The number of carbonyl (C=O) groups is 1. The Labute approximate surface area is 98.6 Å². The van der Waals surface area contributed by atoms with Crippen molar-refractivity contribution in [2.24, 2.45) is 5.41 Å². The number of ketones is 1. The number of Topliss-reactive ketones (excluding diaryl/α,β-unsaturated/α-hetero) is 1. The third-order valence-electron chi connectivity index (χ3n) is 2.97. The van der Waals surface area contributed by atoms with Crippen LogP contribution >= 0.6 is 0 Å². The molecule has 94 valence electrons. The zero-order valence-electron chi connectivity index (χ0n) is 10.1. The molecule has 17 heavy (non-hydrogen) atoms. The predicted octanol–water partition coefficient (Wildman–Crippen LogP) is 4.32. The van der Waals surface area contributed by atoms with E-state index in [0.29, 0.717) is 12.0 Å². The van der Waals surface area contributed by atoms with Crippen LogP contribution in [-0.2, 0) is 6.18 Å². The summed E-state index contributed by atoms with van der Waals surface area (Å²) in [5.41, 5.74) is -0.951. The number of hydrogen-bond donors (Lipinski definition) is 0. The molecule has 0 aliphatic heterocycles. The second-order valence-corrected chi connectivity index (χ2v) is 4.64. The van der Waals surface area contributed by atoms with Gasteiger partial charge in [-0.3, -0.25) is 4.79 Å². The molecule has 0 spiro atoms. The van der Waals surface area contributed by atoms with E-state index >= 15 is 0 Å². The topological polar surface area (TPSA) is 17.1 Å². The first-order valence-electron chi connectivity index (χ1n) is 5.40. The van der Waals surface area contributed by atoms with E-state index in [1.165, 1.54) is 12.1 Å². The highest BCUT2D eigenvalue weighted by Crippen LogP contribution is 2.31. The molecule has 0 atom stereocenters. The number of rotatable bonds is 3. The molecule has 0 radical (unpaired) electrons. The van der Waals surface area contributed by atoms with Gasteiger partial charge in [0, 0.05) is 11.0 Å². The van der Waals surface area contributed by atoms with Crippen LogP contribution in [-0.4, -0.2) is 5.78 Å². The third kappa shape index (κ3) is 3.08. The van der Waals surface area contributed by atoms with Gasteiger partial charge in [-0.15, -0.1) is 0 Å². The van der Waals surface area contributed by atoms with Gasteiger partial charge in [-0.05, 0) is 18.6 Å². The first-order chi connectivity index (χ1) is 7.68. The second kappa shape index (κ2) is 4.51. The zero-order chi connectivity index (χ0) is 13.3. The van der Waals surface area contributed by atoms with Crippen LogP contribution in [0.15, 0.2) is 24.3 Å². The molecule has 1 aromatic rings. The summed E-state index contributed by atoms with van der Waals surface area (Å²) in [6, 6.07) is 4.36. The first-order valence-corrected chi connectivity index (χ1v) is 5.40. The van der Waals surface area contributed by atoms with Crippen molar-refractivity contribution in [3.63, 3.8) is 0 Å². The van der Waals surface area contributed by atoms with E-state index in [9.17, 15) is 18.0 Å². The summed E-state index contributed by atoms with van der Waals surface area (Å²) in [5.74, 6) is -0.131. The van der Waals surface area contributed by atoms with Gasteiger partial charge in [0.05, 0.1) is 5.56 Å². The van der Waals surface area contributed by atoms with Crippen molar-refractivity contribution in [3.8, 4) is 0 Å². The SMILES string of the molecule is CCC(C)(C)C(=O)c1ccc(C(F)(F)F)cc1. The Kier molecular flexibility index (Phi) is 3.65. The monoisotopic (exact) mass is 244 g/mol. The van der Waals surface area contributed by atoms with Gasteiger partial charge in [-0.25, -0.2) is 0 Å². The zero-order valence-corrected chi connectivity index (χ0v) is 10.1. The molecule has 0 aliphatic carbocycles. The maximum Gasteiger partial charge on any atom is 0.416 e. The van der Waals surface area contributed by atoms with Crippen molar-refractivity contribution < 1.29 is 18.0 Å². The van der Waals surface area contributed by atoms with Gasteiger partial charge in [0.1, 0.15) is 0 Å². The Hall–Kier alpha value is -1.32. The van der Waals surface area contributed by atoms with Crippen molar-refractivity contribution in [1.29, 1.82) is 0 Å². The molecule has 0 bridgehead atoms. The Balaban J connectivity index is 3.00. The molecular weight excluding hydrogens is 229 g/mol. The molecule has 0 saturated carbocycles. The van der Waals surface area contributed by atoms with Gasteiger partial charge in [-0.2, -0.15) is 13.2 Å². The minimum Gasteiger partial charge on any atom is -0.294 e. The van der Waals surface area contributed by atoms with Crippen LogP contribution in [0.4, 0.5) is 13.2 Å². The number of hydrogen-bond acceptors (Lipinski definition) is 1. The Bertz CT molecular complexity index is 402. The van der Waals surface area contributed by atoms with E-state index in [1.54, 1.807) is 13.8 Å². The van der Waals surface area contributed by atoms with E-state index in [4.69, 9.17) is 0 Å². The summed E-state index contributed by atoms with van der Waals surface area (Å²) in [6.45, 7) is 5.45. The molecule has 4 heteroatoms. The van der Waals surface area contributed by atoms with Crippen molar-refractivity contribution in [2.75, 3.05) is 0 Å². The van der Waals surface area contributed by atoms with Crippen molar-refractivity contribution in [3.05, 3.63) is 35.4 Å². The molecule has 0 saturated heterocycles. The molecule has 0 fully saturated rings. The minimum absolute atomic E-state index is 0.131. The van der Waals surface area contributed by atoms with E-state index in [-0.39, 0.29) is 5.78 Å². The fourth-order valence-corrected chi connectivity index (χ4v) is 1.36. The lowest BCUT2D eigenvalue weighted by molar-refractivity contribution is -0.137. The summed E-state index contributed by atoms with van der Waals surface area (Å²) in [7, 11) is 0. The third-order valence-corrected chi connectivity index (χ3v) is 2.97. The minimum atomic E-state index is -4.36. The van der Waals surface area contributed by atoms with Crippen LogP contribution in [0, 0.1) is 5.41 Å². The molecular formula is C13H15F3O. The first kappa shape index (κ1) is 13.7. The highest BCUT2D eigenvalue weighted by molar-refractivity contribution is 6.00. The summed E-state index contributed by atoms with van der Waals surface area (Å²) in [5, 5.41) is 0. The molecule has 0 aliphatic rings. The fourth-order valence-electron chi connectivity index (χ4n) is 1.36. The maximum absolute atomic E-state index is 12.3. The van der Waals surface area contributed by atoms with Crippen LogP contribution < -0.4 is 0 Å². The fraction of sp³-hybridized carbons (Fsp3) is 0.462. The van der Waals surface area contributed by atoms with Crippen LogP contribution in [0.5, 0.6) is 0 Å². The summed E-state index contributed by atoms with van der Waals surface area (Å²) >= 11 is 0. The van der Waals surface area contributed by atoms with Crippen molar-refractivity contribution in [1.82, 2.24) is 0 Å². The van der Waals surface area contributed by atoms with Crippen LogP contribution in [0.3, 0.4) is 0 Å². The number of carbonyl (C=O) groups excluding carboxylic acids is 1. The van der Waals surface area contributed by atoms with Crippen molar-refractivity contribution >= 4 is 5.78 Å². The van der Waals surface area contributed by atoms with E-state index < -0.39 is 17.2 Å². The van der Waals surface area contributed by atoms with E-state index in [1.807, 2.05) is 6.92 Å². The largest absolute Gasteiger partial charge is 0.416 e. The average Bonchev–Trinajstić information content (AvgIpc) is 2.27. The molecule has 1 aromatic carbocycles. The Morgan fingerprint density at radius 3 is 1.94 bits per heavy atom. The number of benzene rings is 1. The molecule has 0 unspecified atom stereocenters. The van der Waals surface area contributed by atoms with Gasteiger partial charge < -0.3 is 0 Å². The number of halogens is 3. The summed E-state index contributed by atoms with van der Waals surface area (Å²) < 4.78 is 37.0. The lowest BCUT2D eigenvalue weighted by Crippen LogP contribution is -2.23. The Morgan fingerprint density at radius 2 is 1.59 bits per heavy atom. The predicted molar refractivity (Wildman–Crippen MR) is 59.8 cm³/mol. The van der Waals surface area contributed by atoms with Gasteiger partial charge >= 0.3 is 6.18 Å². The molecule has 0 amide bonds. The standard InChI is InChI=1S/C13H15F3O/c1-4-12(2,3)11(17)9-5-7-10(8-6-9)13(14,15)16/h5-8H,4H2,1-3H3.